The average Bonchev–Trinajstić information content (AvgIpc) is 2.33. The molecule has 0 bridgehead atoms. The number of likely N-dealkylation sites (tertiary alicyclic amines) is 1. The Balaban J connectivity index is 2.53. The number of thiocarbonyl (C=S) groups is 1. The fourth-order valence-corrected chi connectivity index (χ4v) is 3.16. The maximum absolute atomic E-state index is 9.37. The van der Waals surface area contributed by atoms with Crippen molar-refractivity contribution in [3.05, 3.63) is 5.57 Å². The second-order valence-electron chi connectivity index (χ2n) is 4.86. The summed E-state index contributed by atoms with van der Waals surface area (Å²) in [4.78, 5) is 6.54. The van der Waals surface area contributed by atoms with Gasteiger partial charge in [0.05, 0.1) is 11.6 Å². The number of nitrogens with zero attached hydrogens (tertiary/aromatic N) is 3. The second-order valence-corrected chi connectivity index (χ2v) is 5.25. The van der Waals surface area contributed by atoms with Crippen LogP contribution in [0.3, 0.4) is 0 Å². The second kappa shape index (κ2) is 4.62. The van der Waals surface area contributed by atoms with Gasteiger partial charge in [-0.1, -0.05) is 12.2 Å². The van der Waals surface area contributed by atoms with Gasteiger partial charge in [0.15, 0.2) is 0 Å². The summed E-state index contributed by atoms with van der Waals surface area (Å²) in [5.41, 5.74) is 5.97. The minimum absolute atomic E-state index is 0.283. The first-order valence-electron chi connectivity index (χ1n) is 5.82. The van der Waals surface area contributed by atoms with Gasteiger partial charge in [-0.15, -0.1) is 0 Å². The normalized spacial score (nSPS) is 27.6. The highest BCUT2D eigenvalue weighted by atomic mass is 32.1. The van der Waals surface area contributed by atoms with E-state index in [-0.39, 0.29) is 5.84 Å². The monoisotopic (exact) mass is 261 g/mol. The van der Waals surface area contributed by atoms with Crippen LogP contribution >= 0.6 is 12.2 Å². The van der Waals surface area contributed by atoms with Crippen LogP contribution in [0.5, 0.6) is 0 Å². The van der Waals surface area contributed by atoms with E-state index in [0.29, 0.717) is 10.6 Å². The van der Waals surface area contributed by atoms with Crippen molar-refractivity contribution in [1.29, 1.82) is 10.7 Å². The zero-order valence-electron chi connectivity index (χ0n) is 10.2. The van der Waals surface area contributed by atoms with Crippen LogP contribution in [-0.2, 0) is 0 Å². The first kappa shape index (κ1) is 12.9. The molecule has 3 N–H and O–H groups in total. The lowest BCUT2D eigenvalue weighted by molar-refractivity contribution is 0.144. The first-order valence-corrected chi connectivity index (χ1v) is 6.22. The Hall–Kier alpha value is -1.54. The van der Waals surface area contributed by atoms with Gasteiger partial charge >= 0.3 is 0 Å². The van der Waals surface area contributed by atoms with Gasteiger partial charge in [0, 0.05) is 5.41 Å². The molecule has 94 valence electrons. The van der Waals surface area contributed by atoms with Crippen molar-refractivity contribution in [3.63, 3.8) is 0 Å². The molecule has 1 spiro atoms. The molecule has 6 heteroatoms. The predicted molar refractivity (Wildman–Crippen MR) is 73.7 cm³/mol. The van der Waals surface area contributed by atoms with Gasteiger partial charge in [-0.25, -0.2) is 4.99 Å². The summed E-state index contributed by atoms with van der Waals surface area (Å²) in [6, 6.07) is 2.24. The van der Waals surface area contributed by atoms with Crippen LogP contribution in [-0.4, -0.2) is 41.7 Å². The standard InChI is InChI=1S/C12H15N5S/c1-17-4-2-12(3-5-17)8(6-13)10(15)16-11(18)9(12)7-14/h8,14H,2-5H2,1H3,(H2,15,16,18). The van der Waals surface area contributed by atoms with Crippen LogP contribution in [0.4, 0.5) is 0 Å². The van der Waals surface area contributed by atoms with Crippen LogP contribution in [0.2, 0.25) is 0 Å². The maximum atomic E-state index is 9.37. The van der Waals surface area contributed by atoms with E-state index in [1.165, 1.54) is 0 Å². The van der Waals surface area contributed by atoms with Gasteiger partial charge in [0.1, 0.15) is 16.7 Å². The molecule has 1 atom stereocenters. The number of rotatable bonds is 0. The zero-order valence-corrected chi connectivity index (χ0v) is 11.0. The van der Waals surface area contributed by atoms with Crippen LogP contribution in [0.25, 0.3) is 0 Å². The summed E-state index contributed by atoms with van der Waals surface area (Å²) in [7, 11) is 2.04. The van der Waals surface area contributed by atoms with E-state index < -0.39 is 11.3 Å². The molecule has 2 aliphatic rings. The van der Waals surface area contributed by atoms with Crippen molar-refractivity contribution in [2.45, 2.75) is 12.8 Å². The van der Waals surface area contributed by atoms with Crippen LogP contribution in [0, 0.1) is 28.1 Å². The molecule has 0 aliphatic carbocycles. The molecule has 0 aromatic heterocycles. The molecule has 0 radical (unpaired) electrons. The summed E-state index contributed by atoms with van der Waals surface area (Å²) >= 11 is 5.18. The van der Waals surface area contributed by atoms with E-state index in [9.17, 15) is 5.26 Å². The fraction of sp³-hybridized carbons (Fsp3) is 0.583. The third kappa shape index (κ3) is 1.77. The maximum Gasteiger partial charge on any atom is 0.141 e. The van der Waals surface area contributed by atoms with Crippen molar-refractivity contribution in [2.75, 3.05) is 20.1 Å². The van der Waals surface area contributed by atoms with Gasteiger partial charge in [-0.3, -0.25) is 5.41 Å². The third-order valence-electron chi connectivity index (χ3n) is 3.92. The van der Waals surface area contributed by atoms with E-state index >= 15 is 0 Å². The van der Waals surface area contributed by atoms with Gasteiger partial charge < -0.3 is 10.6 Å². The Morgan fingerprint density at radius 2 is 2.17 bits per heavy atom. The van der Waals surface area contributed by atoms with E-state index in [2.05, 4.69) is 21.8 Å². The number of nitrogens with two attached hydrogens (primary N) is 1. The molecule has 0 amide bonds. The minimum atomic E-state index is -0.495. The Kier molecular flexibility index (Phi) is 3.31. The van der Waals surface area contributed by atoms with E-state index in [4.69, 9.17) is 23.4 Å². The number of aliphatic imine (C=N–C) groups is 1. The molecule has 0 saturated carbocycles. The number of hydrogen-bond acceptors (Lipinski definition) is 5. The molecule has 0 aromatic carbocycles. The molecule has 18 heavy (non-hydrogen) atoms. The van der Waals surface area contributed by atoms with Crippen molar-refractivity contribution in [2.24, 2.45) is 22.1 Å². The molecule has 1 saturated heterocycles. The summed E-state index contributed by atoms with van der Waals surface area (Å²) in [6.07, 6.45) is 1.53. The van der Waals surface area contributed by atoms with Crippen LogP contribution in [0.1, 0.15) is 12.8 Å². The molecule has 1 unspecified atom stereocenters. The largest absolute Gasteiger partial charge is 0.386 e. The number of piperidine rings is 1. The van der Waals surface area contributed by atoms with E-state index in [1.54, 1.807) is 0 Å². The molecular weight excluding hydrogens is 246 g/mol. The van der Waals surface area contributed by atoms with Crippen LogP contribution in [0.15, 0.2) is 10.6 Å². The van der Waals surface area contributed by atoms with Crippen molar-refractivity contribution >= 4 is 28.9 Å². The lowest BCUT2D eigenvalue weighted by Gasteiger charge is -2.45. The molecule has 0 aromatic rings. The minimum Gasteiger partial charge on any atom is -0.386 e. The lowest BCUT2D eigenvalue weighted by Crippen LogP contribution is -2.51. The molecule has 1 fully saturated rings. The lowest BCUT2D eigenvalue weighted by atomic mass is 9.63. The quantitative estimate of drug-likeness (QED) is 0.382. The molecule has 5 nitrogen and oxygen atoms in total. The van der Waals surface area contributed by atoms with Crippen molar-refractivity contribution < 1.29 is 0 Å². The Morgan fingerprint density at radius 3 is 2.67 bits per heavy atom. The van der Waals surface area contributed by atoms with Crippen LogP contribution < -0.4 is 5.73 Å². The predicted octanol–water partition coefficient (Wildman–Crippen LogP) is 0.711. The van der Waals surface area contributed by atoms with E-state index in [1.807, 2.05) is 7.05 Å². The molecule has 2 rings (SSSR count). The topological polar surface area (TPSA) is 89.3 Å². The highest BCUT2D eigenvalue weighted by Crippen LogP contribution is 2.47. The molecule has 2 heterocycles. The fourth-order valence-electron chi connectivity index (χ4n) is 2.80. The highest BCUT2D eigenvalue weighted by molar-refractivity contribution is 7.80. The van der Waals surface area contributed by atoms with E-state index in [0.717, 1.165) is 25.9 Å². The van der Waals surface area contributed by atoms with Gasteiger partial charge in [0.2, 0.25) is 0 Å². The van der Waals surface area contributed by atoms with Gasteiger partial charge in [-0.2, -0.15) is 5.26 Å². The van der Waals surface area contributed by atoms with Gasteiger partial charge in [-0.05, 0) is 38.8 Å². The number of nitriles is 1. The summed E-state index contributed by atoms with van der Waals surface area (Å²) in [6.45, 7) is 1.72. The molecular formula is C12H15N5S. The third-order valence-corrected chi connectivity index (χ3v) is 4.22. The Bertz CT molecular complexity index is 501. The summed E-state index contributed by atoms with van der Waals surface area (Å²) in [5, 5.41) is 16.8. The zero-order chi connectivity index (χ0) is 13.3. The first-order chi connectivity index (χ1) is 8.55. The van der Waals surface area contributed by atoms with Crippen molar-refractivity contribution in [3.8, 4) is 6.07 Å². The van der Waals surface area contributed by atoms with Crippen molar-refractivity contribution in [1.82, 2.24) is 4.90 Å². The Labute approximate surface area is 111 Å². The number of hydrogen-bond donors (Lipinski definition) is 2. The average molecular weight is 261 g/mol. The summed E-state index contributed by atoms with van der Waals surface area (Å²) in [5.74, 6) is 2.20. The smallest absolute Gasteiger partial charge is 0.141 e. The SMILES string of the molecule is CN1CCC2(CC1)C(=C=N)C(=S)N=C(N)C2C#N. The summed E-state index contributed by atoms with van der Waals surface area (Å²) < 4.78 is 0. The molecule has 2 aliphatic heterocycles. The number of nitrogens with one attached hydrogen (secondary N) is 1. The van der Waals surface area contributed by atoms with Gasteiger partial charge in [0.25, 0.3) is 0 Å². The number of amidine groups is 1. The highest BCUT2D eigenvalue weighted by Gasteiger charge is 2.50. The Morgan fingerprint density at radius 1 is 1.56 bits per heavy atom.